The lowest BCUT2D eigenvalue weighted by molar-refractivity contribution is 0.340. The summed E-state index contributed by atoms with van der Waals surface area (Å²) in [4.78, 5) is 4.68. The summed E-state index contributed by atoms with van der Waals surface area (Å²) in [6, 6.07) is 10.6. The molecule has 2 aromatic rings. The monoisotopic (exact) mass is 445 g/mol. The Morgan fingerprint density at radius 1 is 0.871 bits per heavy atom. The maximum absolute atomic E-state index is 13.0. The van der Waals surface area contributed by atoms with Crippen LogP contribution in [-0.2, 0) is 10.0 Å². The predicted molar refractivity (Wildman–Crippen MR) is 121 cm³/mol. The predicted octanol–water partition coefficient (Wildman–Crippen LogP) is 2.62. The van der Waals surface area contributed by atoms with E-state index in [-0.39, 0.29) is 0 Å². The van der Waals surface area contributed by atoms with Gasteiger partial charge in [0.15, 0.2) is 11.6 Å². The first-order chi connectivity index (χ1) is 15.0. The molecule has 0 bridgehead atoms. The molecule has 2 aliphatic heterocycles. The van der Waals surface area contributed by atoms with Crippen LogP contribution in [0.3, 0.4) is 0 Å². The molecule has 0 unspecified atom stereocenters. The molecule has 2 saturated heterocycles. The van der Waals surface area contributed by atoms with E-state index in [1.165, 1.54) is 17.1 Å². The number of piperidine rings is 1. The van der Waals surface area contributed by atoms with Gasteiger partial charge in [-0.3, -0.25) is 0 Å². The number of rotatable bonds is 6. The van der Waals surface area contributed by atoms with Crippen molar-refractivity contribution < 1.29 is 13.2 Å². The Bertz CT molecular complexity index is 950. The molecular weight excluding hydrogens is 414 g/mol. The SMILES string of the molecule is CCOc1ccc(S(=O)(=O)N2CCN(c3ccc(N4CCC(C)CC4)nn3)CC2)cc1. The molecule has 0 amide bonds. The van der Waals surface area contributed by atoms with Crippen LogP contribution in [0.2, 0.25) is 0 Å². The van der Waals surface area contributed by atoms with Gasteiger partial charge < -0.3 is 14.5 Å². The molecule has 1 aromatic heterocycles. The maximum Gasteiger partial charge on any atom is 0.243 e. The van der Waals surface area contributed by atoms with E-state index in [1.54, 1.807) is 24.3 Å². The summed E-state index contributed by atoms with van der Waals surface area (Å²) in [6.07, 6.45) is 2.38. The Balaban J connectivity index is 1.35. The summed E-state index contributed by atoms with van der Waals surface area (Å²) in [6.45, 7) is 8.81. The topological polar surface area (TPSA) is 78.9 Å². The third-order valence-electron chi connectivity index (χ3n) is 6.08. The van der Waals surface area contributed by atoms with Gasteiger partial charge in [0.05, 0.1) is 11.5 Å². The van der Waals surface area contributed by atoms with Crippen molar-refractivity contribution in [2.75, 3.05) is 55.7 Å². The van der Waals surface area contributed by atoms with Crippen LogP contribution in [0, 0.1) is 5.92 Å². The lowest BCUT2D eigenvalue weighted by atomic mass is 9.99. The molecule has 3 heterocycles. The molecule has 2 fully saturated rings. The number of nitrogens with zero attached hydrogens (tertiary/aromatic N) is 5. The van der Waals surface area contributed by atoms with Crippen molar-refractivity contribution in [2.45, 2.75) is 31.6 Å². The third-order valence-corrected chi connectivity index (χ3v) is 7.99. The quantitative estimate of drug-likeness (QED) is 0.676. The van der Waals surface area contributed by atoms with Crippen LogP contribution in [0.4, 0.5) is 11.6 Å². The minimum Gasteiger partial charge on any atom is -0.494 e. The summed E-state index contributed by atoms with van der Waals surface area (Å²) >= 11 is 0. The van der Waals surface area contributed by atoms with Crippen LogP contribution in [-0.4, -0.2) is 68.8 Å². The molecule has 0 N–H and O–H groups in total. The largest absolute Gasteiger partial charge is 0.494 e. The summed E-state index contributed by atoms with van der Waals surface area (Å²) in [7, 11) is -3.52. The van der Waals surface area contributed by atoms with E-state index in [1.807, 2.05) is 19.1 Å². The van der Waals surface area contributed by atoms with Gasteiger partial charge >= 0.3 is 0 Å². The number of hydrogen-bond donors (Lipinski definition) is 0. The second-order valence-electron chi connectivity index (χ2n) is 8.21. The molecule has 31 heavy (non-hydrogen) atoms. The van der Waals surface area contributed by atoms with Crippen LogP contribution in [0.25, 0.3) is 0 Å². The van der Waals surface area contributed by atoms with Gasteiger partial charge in [-0.1, -0.05) is 6.92 Å². The fourth-order valence-corrected chi connectivity index (χ4v) is 5.50. The maximum atomic E-state index is 13.0. The van der Waals surface area contributed by atoms with Crippen LogP contribution in [0.15, 0.2) is 41.3 Å². The highest BCUT2D eigenvalue weighted by atomic mass is 32.2. The first-order valence-electron chi connectivity index (χ1n) is 11.0. The molecule has 4 rings (SSSR count). The second-order valence-corrected chi connectivity index (χ2v) is 10.2. The standard InChI is InChI=1S/C22H31N5O3S/c1-3-30-19-4-6-20(7-5-19)31(28,29)27-16-14-26(15-17-27)22-9-8-21(23-24-22)25-12-10-18(2)11-13-25/h4-9,18H,3,10-17H2,1-2H3. The molecule has 0 atom stereocenters. The molecule has 8 nitrogen and oxygen atoms in total. The van der Waals surface area contributed by atoms with Crippen molar-refractivity contribution in [3.8, 4) is 5.75 Å². The van der Waals surface area contributed by atoms with Crippen LogP contribution >= 0.6 is 0 Å². The zero-order valence-corrected chi connectivity index (χ0v) is 19.1. The van der Waals surface area contributed by atoms with Gasteiger partial charge in [-0.25, -0.2) is 8.42 Å². The van der Waals surface area contributed by atoms with Gasteiger partial charge in [-0.05, 0) is 62.1 Å². The molecule has 2 aliphatic rings. The van der Waals surface area contributed by atoms with E-state index in [0.29, 0.717) is 43.4 Å². The molecular formula is C22H31N5O3S. The minimum atomic E-state index is -3.52. The number of benzene rings is 1. The van der Waals surface area contributed by atoms with Gasteiger partial charge in [0.25, 0.3) is 0 Å². The van der Waals surface area contributed by atoms with E-state index in [0.717, 1.165) is 30.6 Å². The lowest BCUT2D eigenvalue weighted by Crippen LogP contribution is -2.49. The van der Waals surface area contributed by atoms with Gasteiger partial charge in [-0.15, -0.1) is 10.2 Å². The molecule has 0 spiro atoms. The Labute approximate surface area is 184 Å². The van der Waals surface area contributed by atoms with Crippen molar-refractivity contribution >= 4 is 21.7 Å². The van der Waals surface area contributed by atoms with E-state index in [4.69, 9.17) is 4.74 Å². The first kappa shape index (κ1) is 21.8. The Morgan fingerprint density at radius 2 is 1.42 bits per heavy atom. The Morgan fingerprint density at radius 3 is 1.94 bits per heavy atom. The van der Waals surface area contributed by atoms with Crippen LogP contribution in [0.5, 0.6) is 5.75 Å². The fraction of sp³-hybridized carbons (Fsp3) is 0.545. The number of anilines is 2. The molecule has 0 radical (unpaired) electrons. The lowest BCUT2D eigenvalue weighted by Gasteiger charge is -2.35. The van der Waals surface area contributed by atoms with Gasteiger partial charge in [0.1, 0.15) is 5.75 Å². The number of piperazine rings is 1. The average Bonchev–Trinajstić information content (AvgIpc) is 2.80. The number of hydrogen-bond acceptors (Lipinski definition) is 7. The van der Waals surface area contributed by atoms with Gasteiger partial charge in [0, 0.05) is 39.3 Å². The second kappa shape index (κ2) is 9.40. The smallest absolute Gasteiger partial charge is 0.243 e. The average molecular weight is 446 g/mol. The normalized spacial score (nSPS) is 18.9. The fourth-order valence-electron chi connectivity index (χ4n) is 4.07. The molecule has 9 heteroatoms. The van der Waals surface area contributed by atoms with Crippen molar-refractivity contribution in [1.29, 1.82) is 0 Å². The highest BCUT2D eigenvalue weighted by Crippen LogP contribution is 2.24. The minimum absolute atomic E-state index is 0.296. The number of aromatic nitrogens is 2. The van der Waals surface area contributed by atoms with Crippen molar-refractivity contribution in [3.63, 3.8) is 0 Å². The zero-order chi connectivity index (χ0) is 21.8. The zero-order valence-electron chi connectivity index (χ0n) is 18.3. The highest BCUT2D eigenvalue weighted by molar-refractivity contribution is 7.89. The highest BCUT2D eigenvalue weighted by Gasteiger charge is 2.29. The van der Waals surface area contributed by atoms with E-state index in [2.05, 4.69) is 26.9 Å². The van der Waals surface area contributed by atoms with Crippen molar-refractivity contribution in [1.82, 2.24) is 14.5 Å². The van der Waals surface area contributed by atoms with Crippen molar-refractivity contribution in [3.05, 3.63) is 36.4 Å². The van der Waals surface area contributed by atoms with E-state index < -0.39 is 10.0 Å². The molecule has 168 valence electrons. The van der Waals surface area contributed by atoms with E-state index in [9.17, 15) is 8.42 Å². The summed E-state index contributed by atoms with van der Waals surface area (Å²) < 4.78 is 32.9. The summed E-state index contributed by atoms with van der Waals surface area (Å²) in [5.74, 6) is 3.17. The molecule has 0 aliphatic carbocycles. The third kappa shape index (κ3) is 4.93. The molecule has 0 saturated carbocycles. The van der Waals surface area contributed by atoms with Crippen LogP contribution in [0.1, 0.15) is 26.7 Å². The Hall–Kier alpha value is -2.39. The number of ether oxygens (including phenoxy) is 1. The van der Waals surface area contributed by atoms with Crippen LogP contribution < -0.4 is 14.5 Å². The molecule has 1 aromatic carbocycles. The van der Waals surface area contributed by atoms with E-state index >= 15 is 0 Å². The Kier molecular flexibility index (Phi) is 6.62. The van der Waals surface area contributed by atoms with Gasteiger partial charge in [-0.2, -0.15) is 4.31 Å². The first-order valence-corrected chi connectivity index (χ1v) is 12.5. The van der Waals surface area contributed by atoms with Gasteiger partial charge in [0.2, 0.25) is 10.0 Å². The number of sulfonamides is 1. The summed E-state index contributed by atoms with van der Waals surface area (Å²) in [5.41, 5.74) is 0. The van der Waals surface area contributed by atoms with Crippen molar-refractivity contribution in [2.24, 2.45) is 5.92 Å². The summed E-state index contributed by atoms with van der Waals surface area (Å²) in [5, 5.41) is 8.85.